The fraction of sp³-hybridized carbons (Fsp3) is 0.550. The molecule has 3 aromatic rings. The van der Waals surface area contributed by atoms with Crippen LogP contribution < -0.4 is 10.5 Å². The van der Waals surface area contributed by atoms with E-state index in [1.807, 2.05) is 6.07 Å². The van der Waals surface area contributed by atoms with Crippen molar-refractivity contribution >= 4 is 11.6 Å². The maximum absolute atomic E-state index is 12.7. The number of hydrogen-bond donors (Lipinski definition) is 0. The lowest BCUT2D eigenvalue weighted by Crippen LogP contribution is -2.38. The summed E-state index contributed by atoms with van der Waals surface area (Å²) < 4.78 is 8.69. The Labute approximate surface area is 168 Å². The van der Waals surface area contributed by atoms with E-state index < -0.39 is 0 Å². The first kappa shape index (κ1) is 18.2. The van der Waals surface area contributed by atoms with Crippen molar-refractivity contribution in [3.63, 3.8) is 0 Å². The van der Waals surface area contributed by atoms with Crippen LogP contribution in [-0.4, -0.2) is 49.1 Å². The van der Waals surface area contributed by atoms with Crippen molar-refractivity contribution in [1.82, 2.24) is 29.4 Å². The SMILES string of the molecule is COCc1cc(N2CCCC2Cn2nc3c(cc2=O)CCCC3)n2ncnc2n1. The largest absolute Gasteiger partial charge is 0.378 e. The Kier molecular flexibility index (Phi) is 4.75. The molecule has 1 atom stereocenters. The van der Waals surface area contributed by atoms with Gasteiger partial charge in [-0.05, 0) is 44.1 Å². The minimum absolute atomic E-state index is 0.00166. The summed E-state index contributed by atoms with van der Waals surface area (Å²) in [6, 6.07) is 3.97. The maximum atomic E-state index is 12.7. The molecule has 1 unspecified atom stereocenters. The molecule has 0 bridgehead atoms. The summed E-state index contributed by atoms with van der Waals surface area (Å²) in [6.45, 7) is 1.89. The highest BCUT2D eigenvalue weighted by atomic mass is 16.5. The highest BCUT2D eigenvalue weighted by Gasteiger charge is 2.29. The van der Waals surface area contributed by atoms with Crippen LogP contribution in [0, 0.1) is 0 Å². The lowest BCUT2D eigenvalue weighted by Gasteiger charge is -2.27. The van der Waals surface area contributed by atoms with E-state index in [1.54, 1.807) is 22.4 Å². The van der Waals surface area contributed by atoms with Gasteiger partial charge in [-0.3, -0.25) is 4.79 Å². The molecule has 0 N–H and O–H groups in total. The zero-order valence-electron chi connectivity index (χ0n) is 16.6. The summed E-state index contributed by atoms with van der Waals surface area (Å²) in [5, 5.41) is 9.07. The van der Waals surface area contributed by atoms with Crippen LogP contribution in [0.4, 0.5) is 5.82 Å². The number of methoxy groups -OCH3 is 1. The van der Waals surface area contributed by atoms with Crippen molar-refractivity contribution in [2.45, 2.75) is 57.7 Å². The van der Waals surface area contributed by atoms with Crippen LogP contribution in [0.15, 0.2) is 23.3 Å². The summed E-state index contributed by atoms with van der Waals surface area (Å²) in [5.41, 5.74) is 3.03. The summed E-state index contributed by atoms with van der Waals surface area (Å²) in [4.78, 5) is 23.7. The molecule has 2 aliphatic rings. The molecular formula is C20H25N7O2. The van der Waals surface area contributed by atoms with Gasteiger partial charge >= 0.3 is 0 Å². The van der Waals surface area contributed by atoms with Gasteiger partial charge in [-0.25, -0.2) is 9.67 Å². The fourth-order valence-corrected chi connectivity index (χ4v) is 4.53. The zero-order valence-corrected chi connectivity index (χ0v) is 16.6. The number of nitrogens with zero attached hydrogens (tertiary/aromatic N) is 7. The standard InChI is InChI=1S/C20H25N7O2/c1-29-12-15-10-18(27-20(23-15)21-13-22-27)25-8-4-6-16(25)11-26-19(28)9-14-5-2-3-7-17(14)24-26/h9-10,13,16H,2-8,11-12H2,1H3. The Bertz CT molecular complexity index is 1090. The van der Waals surface area contributed by atoms with E-state index in [0.717, 1.165) is 67.8 Å². The predicted octanol–water partition coefficient (Wildman–Crippen LogP) is 1.38. The van der Waals surface area contributed by atoms with E-state index in [-0.39, 0.29) is 11.6 Å². The van der Waals surface area contributed by atoms with Crippen LogP contribution in [-0.2, 0) is 30.7 Å². The molecule has 29 heavy (non-hydrogen) atoms. The van der Waals surface area contributed by atoms with Crippen LogP contribution in [0.1, 0.15) is 42.6 Å². The molecule has 1 aliphatic heterocycles. The van der Waals surface area contributed by atoms with Crippen LogP contribution in [0.2, 0.25) is 0 Å². The highest BCUT2D eigenvalue weighted by molar-refractivity contribution is 5.49. The summed E-state index contributed by atoms with van der Waals surface area (Å²) in [5.74, 6) is 1.50. The Hall–Kier alpha value is -2.81. The second kappa shape index (κ2) is 7.55. The smallest absolute Gasteiger partial charge is 0.267 e. The van der Waals surface area contributed by atoms with Gasteiger partial charge in [-0.15, -0.1) is 0 Å². The first-order valence-electron chi connectivity index (χ1n) is 10.3. The van der Waals surface area contributed by atoms with Crippen molar-refractivity contribution in [2.24, 2.45) is 0 Å². The second-order valence-corrected chi connectivity index (χ2v) is 7.84. The highest BCUT2D eigenvalue weighted by Crippen LogP contribution is 2.27. The van der Waals surface area contributed by atoms with E-state index in [1.165, 1.54) is 6.33 Å². The third-order valence-corrected chi connectivity index (χ3v) is 5.91. The van der Waals surface area contributed by atoms with E-state index in [0.29, 0.717) is 18.9 Å². The molecule has 152 valence electrons. The quantitative estimate of drug-likeness (QED) is 0.644. The van der Waals surface area contributed by atoms with Gasteiger partial charge in [0.2, 0.25) is 0 Å². The number of hydrogen-bond acceptors (Lipinski definition) is 7. The summed E-state index contributed by atoms with van der Waals surface area (Å²) in [7, 11) is 1.65. The lowest BCUT2D eigenvalue weighted by molar-refractivity contribution is 0.181. The molecule has 1 fully saturated rings. The normalized spacial score (nSPS) is 19.1. The summed E-state index contributed by atoms with van der Waals surface area (Å²) in [6.07, 6.45) is 7.81. The van der Waals surface area contributed by atoms with Gasteiger partial charge in [-0.2, -0.15) is 19.7 Å². The number of fused-ring (bicyclic) bond motifs is 2. The molecule has 1 aliphatic carbocycles. The number of rotatable bonds is 5. The third-order valence-electron chi connectivity index (χ3n) is 5.91. The minimum Gasteiger partial charge on any atom is -0.378 e. The molecule has 0 saturated carbocycles. The van der Waals surface area contributed by atoms with E-state index >= 15 is 0 Å². The van der Waals surface area contributed by atoms with E-state index in [2.05, 4.69) is 20.0 Å². The predicted molar refractivity (Wildman–Crippen MR) is 107 cm³/mol. The van der Waals surface area contributed by atoms with Crippen molar-refractivity contribution in [3.05, 3.63) is 45.8 Å². The first-order valence-corrected chi connectivity index (χ1v) is 10.3. The fourth-order valence-electron chi connectivity index (χ4n) is 4.53. The molecule has 3 aromatic heterocycles. The topological polar surface area (TPSA) is 90.4 Å². The Morgan fingerprint density at radius 3 is 3.00 bits per heavy atom. The molecule has 9 nitrogen and oxygen atoms in total. The van der Waals surface area contributed by atoms with Crippen molar-refractivity contribution in [1.29, 1.82) is 0 Å². The van der Waals surface area contributed by atoms with E-state index in [9.17, 15) is 4.79 Å². The minimum atomic E-state index is -0.00166. The third kappa shape index (κ3) is 3.39. The molecular weight excluding hydrogens is 370 g/mol. The van der Waals surface area contributed by atoms with Crippen LogP contribution in [0.25, 0.3) is 5.78 Å². The molecule has 4 heterocycles. The van der Waals surface area contributed by atoms with Gasteiger partial charge in [0.15, 0.2) is 0 Å². The van der Waals surface area contributed by atoms with Gasteiger partial charge in [0.1, 0.15) is 12.1 Å². The number of anilines is 1. The lowest BCUT2D eigenvalue weighted by atomic mass is 9.97. The monoisotopic (exact) mass is 395 g/mol. The Morgan fingerprint density at radius 1 is 1.21 bits per heavy atom. The van der Waals surface area contributed by atoms with Crippen LogP contribution in [0.3, 0.4) is 0 Å². The van der Waals surface area contributed by atoms with Crippen LogP contribution >= 0.6 is 0 Å². The average Bonchev–Trinajstić information content (AvgIpc) is 3.37. The Morgan fingerprint density at radius 2 is 2.10 bits per heavy atom. The molecule has 0 spiro atoms. The molecule has 0 radical (unpaired) electrons. The molecule has 0 aromatic carbocycles. The molecule has 5 rings (SSSR count). The van der Waals surface area contributed by atoms with Gasteiger partial charge < -0.3 is 9.64 Å². The molecule has 9 heteroatoms. The van der Waals surface area contributed by atoms with E-state index in [4.69, 9.17) is 9.84 Å². The van der Waals surface area contributed by atoms with Crippen LogP contribution in [0.5, 0.6) is 0 Å². The van der Waals surface area contributed by atoms with Crippen molar-refractivity contribution < 1.29 is 4.74 Å². The van der Waals surface area contributed by atoms with Gasteiger partial charge in [-0.1, -0.05) is 0 Å². The molecule has 1 saturated heterocycles. The van der Waals surface area contributed by atoms with Crippen molar-refractivity contribution in [3.8, 4) is 0 Å². The second-order valence-electron chi connectivity index (χ2n) is 7.84. The number of ether oxygens (including phenoxy) is 1. The van der Waals surface area contributed by atoms with Gasteiger partial charge in [0.25, 0.3) is 11.3 Å². The molecule has 0 amide bonds. The van der Waals surface area contributed by atoms with Gasteiger partial charge in [0, 0.05) is 25.8 Å². The zero-order chi connectivity index (χ0) is 19.8. The van der Waals surface area contributed by atoms with Gasteiger partial charge in [0.05, 0.1) is 30.6 Å². The van der Waals surface area contributed by atoms with Crippen molar-refractivity contribution in [2.75, 3.05) is 18.6 Å². The number of aromatic nitrogens is 6. The summed E-state index contributed by atoms with van der Waals surface area (Å²) >= 11 is 0. The maximum Gasteiger partial charge on any atom is 0.267 e. The number of aryl methyl sites for hydroxylation is 2. The Balaban J connectivity index is 1.48. The average molecular weight is 395 g/mol. The first-order chi connectivity index (χ1) is 14.2.